The summed E-state index contributed by atoms with van der Waals surface area (Å²) in [5, 5.41) is 11.2. The van der Waals surface area contributed by atoms with Crippen LogP contribution in [0.15, 0.2) is 51.7 Å². The summed E-state index contributed by atoms with van der Waals surface area (Å²) in [6, 6.07) is 12.5. The predicted molar refractivity (Wildman–Crippen MR) is 103 cm³/mol. The van der Waals surface area contributed by atoms with Gasteiger partial charge >= 0.3 is 5.63 Å². The summed E-state index contributed by atoms with van der Waals surface area (Å²) < 4.78 is 10.7. The molecule has 0 unspecified atom stereocenters. The lowest BCUT2D eigenvalue weighted by Gasteiger charge is -2.19. The third-order valence-corrected chi connectivity index (χ3v) is 4.67. The lowest BCUT2D eigenvalue weighted by atomic mass is 9.99. The highest BCUT2D eigenvalue weighted by molar-refractivity contribution is 5.95. The zero-order valence-corrected chi connectivity index (χ0v) is 15.3. The summed E-state index contributed by atoms with van der Waals surface area (Å²) in [5.74, 6) is 0.889. The third kappa shape index (κ3) is 3.44. The molecular weight excluding hydrogens is 330 g/mol. The van der Waals surface area contributed by atoms with Crippen molar-refractivity contribution in [2.75, 3.05) is 20.2 Å². The largest absolute Gasteiger partial charge is 0.507 e. The molecule has 0 radical (unpaired) electrons. The maximum Gasteiger partial charge on any atom is 0.336 e. The summed E-state index contributed by atoms with van der Waals surface area (Å²) >= 11 is 0. The minimum atomic E-state index is -0.435. The molecule has 5 nitrogen and oxygen atoms in total. The maximum absolute atomic E-state index is 12.2. The zero-order chi connectivity index (χ0) is 18.7. The van der Waals surface area contributed by atoms with Crippen LogP contribution in [0.25, 0.3) is 22.1 Å². The number of hydrogen-bond donors (Lipinski definition) is 1. The summed E-state index contributed by atoms with van der Waals surface area (Å²) in [5.41, 5.74) is 2.31. The first-order chi connectivity index (χ1) is 12.6. The molecule has 26 heavy (non-hydrogen) atoms. The van der Waals surface area contributed by atoms with Crippen LogP contribution >= 0.6 is 0 Å². The number of rotatable bonds is 6. The summed E-state index contributed by atoms with van der Waals surface area (Å²) in [7, 11) is 1.61. The van der Waals surface area contributed by atoms with E-state index in [1.807, 2.05) is 24.3 Å². The normalized spacial score (nSPS) is 11.2. The summed E-state index contributed by atoms with van der Waals surface area (Å²) in [6.07, 6.45) is 0. The van der Waals surface area contributed by atoms with Crippen LogP contribution in [0.5, 0.6) is 11.5 Å². The van der Waals surface area contributed by atoms with E-state index in [2.05, 4.69) is 18.7 Å². The molecule has 3 rings (SSSR count). The molecule has 0 aliphatic heterocycles. The van der Waals surface area contributed by atoms with E-state index in [1.54, 1.807) is 19.2 Å². The average Bonchev–Trinajstić information content (AvgIpc) is 2.67. The Morgan fingerprint density at radius 2 is 1.77 bits per heavy atom. The maximum atomic E-state index is 12.2. The van der Waals surface area contributed by atoms with E-state index in [1.165, 1.54) is 6.07 Å². The average molecular weight is 353 g/mol. The number of aromatic hydroxyl groups is 1. The van der Waals surface area contributed by atoms with Gasteiger partial charge in [-0.05, 0) is 48.5 Å². The number of methoxy groups -OCH3 is 1. The lowest BCUT2D eigenvalue weighted by molar-refractivity contribution is 0.290. The molecule has 1 aromatic heterocycles. The number of phenols is 1. The standard InChI is InChI=1S/C21H23NO4/c1-4-22(5-2)13-18-19(23)11-10-16-17(12-20(24)26-21(16)18)14-6-8-15(25-3)9-7-14/h6-12,23H,4-5,13H2,1-3H3. The van der Waals surface area contributed by atoms with E-state index in [0.29, 0.717) is 17.7 Å². The molecule has 1 N–H and O–H groups in total. The van der Waals surface area contributed by atoms with Gasteiger partial charge < -0.3 is 14.3 Å². The van der Waals surface area contributed by atoms with Gasteiger partial charge in [0.2, 0.25) is 0 Å². The van der Waals surface area contributed by atoms with E-state index in [9.17, 15) is 9.90 Å². The van der Waals surface area contributed by atoms with Crippen molar-refractivity contribution >= 4 is 11.0 Å². The quantitative estimate of drug-likeness (QED) is 0.678. The SMILES string of the molecule is CCN(CC)Cc1c(O)ccc2c(-c3ccc(OC)cc3)cc(=O)oc12. The van der Waals surface area contributed by atoms with Crippen LogP contribution in [0.4, 0.5) is 0 Å². The number of benzene rings is 2. The van der Waals surface area contributed by atoms with E-state index in [0.717, 1.165) is 35.4 Å². The molecular formula is C21H23NO4. The second-order valence-corrected chi connectivity index (χ2v) is 6.11. The molecule has 0 aliphatic rings. The first-order valence-electron chi connectivity index (χ1n) is 8.72. The second kappa shape index (κ2) is 7.62. The fraction of sp³-hybridized carbons (Fsp3) is 0.286. The Hall–Kier alpha value is -2.79. The smallest absolute Gasteiger partial charge is 0.336 e. The van der Waals surface area contributed by atoms with Gasteiger partial charge in [-0.15, -0.1) is 0 Å². The number of nitrogens with zero attached hydrogens (tertiary/aromatic N) is 1. The van der Waals surface area contributed by atoms with Crippen molar-refractivity contribution in [2.24, 2.45) is 0 Å². The van der Waals surface area contributed by atoms with E-state index >= 15 is 0 Å². The van der Waals surface area contributed by atoms with Crippen molar-refractivity contribution in [1.29, 1.82) is 0 Å². The minimum Gasteiger partial charge on any atom is -0.507 e. The highest BCUT2D eigenvalue weighted by Gasteiger charge is 2.16. The third-order valence-electron chi connectivity index (χ3n) is 4.67. The monoisotopic (exact) mass is 353 g/mol. The van der Waals surface area contributed by atoms with Gasteiger partial charge in [-0.25, -0.2) is 4.79 Å². The fourth-order valence-electron chi connectivity index (χ4n) is 3.10. The first-order valence-corrected chi connectivity index (χ1v) is 8.72. The summed E-state index contributed by atoms with van der Waals surface area (Å²) in [6.45, 7) is 6.32. The van der Waals surface area contributed by atoms with Gasteiger partial charge in [-0.1, -0.05) is 26.0 Å². The lowest BCUT2D eigenvalue weighted by Crippen LogP contribution is -2.22. The highest BCUT2D eigenvalue weighted by atomic mass is 16.5. The van der Waals surface area contributed by atoms with Crippen molar-refractivity contribution in [3.8, 4) is 22.6 Å². The Labute approximate surface area is 152 Å². The molecule has 0 amide bonds. The Morgan fingerprint density at radius 1 is 1.08 bits per heavy atom. The molecule has 0 fully saturated rings. The topological polar surface area (TPSA) is 62.9 Å². The number of hydrogen-bond acceptors (Lipinski definition) is 5. The van der Waals surface area contributed by atoms with Crippen LogP contribution in [0.2, 0.25) is 0 Å². The number of ether oxygens (including phenoxy) is 1. The van der Waals surface area contributed by atoms with Crippen LogP contribution in [-0.2, 0) is 6.54 Å². The Balaban J connectivity index is 2.21. The second-order valence-electron chi connectivity index (χ2n) is 6.11. The van der Waals surface area contributed by atoms with Crippen molar-refractivity contribution < 1.29 is 14.3 Å². The number of fused-ring (bicyclic) bond motifs is 1. The Morgan fingerprint density at radius 3 is 2.38 bits per heavy atom. The number of phenolic OH excluding ortho intramolecular Hbond substituents is 1. The molecule has 0 atom stereocenters. The van der Waals surface area contributed by atoms with Crippen LogP contribution in [-0.4, -0.2) is 30.2 Å². The van der Waals surface area contributed by atoms with Crippen LogP contribution in [0, 0.1) is 0 Å². The molecule has 0 saturated carbocycles. The highest BCUT2D eigenvalue weighted by Crippen LogP contribution is 2.34. The predicted octanol–water partition coefficient (Wildman–Crippen LogP) is 4.02. The van der Waals surface area contributed by atoms with Gasteiger partial charge in [0.25, 0.3) is 0 Å². The molecule has 5 heteroatoms. The van der Waals surface area contributed by atoms with Gasteiger partial charge in [0, 0.05) is 18.0 Å². The van der Waals surface area contributed by atoms with Crippen molar-refractivity contribution in [3.63, 3.8) is 0 Å². The van der Waals surface area contributed by atoms with Crippen molar-refractivity contribution in [3.05, 3.63) is 58.4 Å². The molecule has 0 saturated heterocycles. The van der Waals surface area contributed by atoms with Crippen LogP contribution in [0.1, 0.15) is 19.4 Å². The molecule has 136 valence electrons. The summed E-state index contributed by atoms with van der Waals surface area (Å²) in [4.78, 5) is 14.4. The van der Waals surface area contributed by atoms with Gasteiger partial charge in [-0.2, -0.15) is 0 Å². The van der Waals surface area contributed by atoms with Gasteiger partial charge in [0.1, 0.15) is 17.1 Å². The molecule has 2 aromatic carbocycles. The molecule has 0 bridgehead atoms. The van der Waals surface area contributed by atoms with E-state index in [4.69, 9.17) is 9.15 Å². The molecule has 1 heterocycles. The first kappa shape index (κ1) is 18.0. The van der Waals surface area contributed by atoms with Gasteiger partial charge in [0.05, 0.1) is 12.7 Å². The van der Waals surface area contributed by atoms with Crippen LogP contribution in [0.3, 0.4) is 0 Å². The molecule has 3 aromatic rings. The fourth-order valence-corrected chi connectivity index (χ4v) is 3.10. The zero-order valence-electron chi connectivity index (χ0n) is 15.3. The minimum absolute atomic E-state index is 0.138. The molecule has 0 aliphatic carbocycles. The van der Waals surface area contributed by atoms with Crippen LogP contribution < -0.4 is 10.4 Å². The van der Waals surface area contributed by atoms with Gasteiger partial charge in [-0.3, -0.25) is 4.90 Å². The Kier molecular flexibility index (Phi) is 5.28. The molecule has 0 spiro atoms. The van der Waals surface area contributed by atoms with Crippen molar-refractivity contribution in [2.45, 2.75) is 20.4 Å². The van der Waals surface area contributed by atoms with Crippen molar-refractivity contribution in [1.82, 2.24) is 4.90 Å². The Bertz CT molecular complexity index is 956. The van der Waals surface area contributed by atoms with Gasteiger partial charge in [0.15, 0.2) is 0 Å². The van der Waals surface area contributed by atoms with E-state index in [-0.39, 0.29) is 5.75 Å². The van der Waals surface area contributed by atoms with E-state index < -0.39 is 5.63 Å².